The van der Waals surface area contributed by atoms with E-state index in [4.69, 9.17) is 4.74 Å². The highest BCUT2D eigenvalue weighted by molar-refractivity contribution is 5.71. The molecule has 1 aromatic rings. The van der Waals surface area contributed by atoms with Gasteiger partial charge < -0.3 is 15.2 Å². The van der Waals surface area contributed by atoms with Gasteiger partial charge >= 0.3 is 5.97 Å². The summed E-state index contributed by atoms with van der Waals surface area (Å²) < 4.78 is 5.67. The Kier molecular flexibility index (Phi) is 6.27. The number of ether oxygens (including phenoxy) is 1. The van der Waals surface area contributed by atoms with Gasteiger partial charge in [0.2, 0.25) is 0 Å². The first-order valence-electron chi connectivity index (χ1n) is 9.35. The third-order valence-electron chi connectivity index (χ3n) is 5.55. The normalized spacial score (nSPS) is 28.0. The van der Waals surface area contributed by atoms with Gasteiger partial charge in [0.1, 0.15) is 6.10 Å². The van der Waals surface area contributed by atoms with Crippen LogP contribution in [0.4, 0.5) is 0 Å². The number of rotatable bonds is 6. The van der Waals surface area contributed by atoms with Crippen LogP contribution in [-0.4, -0.2) is 36.4 Å². The summed E-state index contributed by atoms with van der Waals surface area (Å²) in [5.74, 6) is 0.299. The van der Waals surface area contributed by atoms with Crippen molar-refractivity contribution in [2.24, 2.45) is 5.92 Å². The molecule has 0 radical (unpaired) electrons. The molecule has 0 aliphatic heterocycles. The third kappa shape index (κ3) is 4.58. The first-order chi connectivity index (χ1) is 11.8. The quantitative estimate of drug-likeness (QED) is 0.787. The van der Waals surface area contributed by atoms with Gasteiger partial charge in [0.05, 0.1) is 6.54 Å². The van der Waals surface area contributed by atoms with Crippen molar-refractivity contribution in [3.05, 3.63) is 35.9 Å². The molecular weight excluding hydrogens is 302 g/mol. The molecule has 2 fully saturated rings. The standard InChI is InChI=1S/C20H29NO3/c22-14-16-11-18(12-19(16)15-7-3-1-4-8-15)24-20(23)13-21-17-9-5-2-6-10-17/h1,3-4,7-8,16-19,21-22H,2,5-6,9-14H2/t16-,18+,19-/m1/s1. The molecule has 2 saturated carbocycles. The molecule has 2 aliphatic rings. The molecule has 0 saturated heterocycles. The molecule has 2 N–H and O–H groups in total. The molecule has 1 aromatic carbocycles. The molecule has 3 rings (SSSR count). The highest BCUT2D eigenvalue weighted by Crippen LogP contribution is 2.40. The zero-order chi connectivity index (χ0) is 16.8. The fraction of sp³-hybridized carbons (Fsp3) is 0.650. The SMILES string of the molecule is O=C(CNC1CCCCC1)O[C@H]1C[C@H](CO)[C@@H](c2ccccc2)C1. The van der Waals surface area contributed by atoms with Crippen LogP contribution in [0, 0.1) is 5.92 Å². The van der Waals surface area contributed by atoms with E-state index in [-0.39, 0.29) is 30.5 Å². The average Bonchev–Trinajstić information content (AvgIpc) is 3.04. The van der Waals surface area contributed by atoms with Crippen molar-refractivity contribution in [3.8, 4) is 0 Å². The van der Waals surface area contributed by atoms with Crippen LogP contribution in [0.5, 0.6) is 0 Å². The fourth-order valence-corrected chi connectivity index (χ4v) is 4.24. The lowest BCUT2D eigenvalue weighted by molar-refractivity contribution is -0.148. The molecule has 0 unspecified atom stereocenters. The minimum Gasteiger partial charge on any atom is -0.461 e. The third-order valence-corrected chi connectivity index (χ3v) is 5.55. The molecule has 0 heterocycles. The summed E-state index contributed by atoms with van der Waals surface area (Å²) in [5, 5.41) is 13.0. The van der Waals surface area contributed by atoms with Gasteiger partial charge in [-0.25, -0.2) is 0 Å². The monoisotopic (exact) mass is 331 g/mol. The smallest absolute Gasteiger partial charge is 0.320 e. The summed E-state index contributed by atoms with van der Waals surface area (Å²) in [6.07, 6.45) is 7.65. The summed E-state index contributed by atoms with van der Waals surface area (Å²) >= 11 is 0. The highest BCUT2D eigenvalue weighted by Gasteiger charge is 2.36. The van der Waals surface area contributed by atoms with E-state index in [1.807, 2.05) is 18.2 Å². The maximum absolute atomic E-state index is 12.1. The van der Waals surface area contributed by atoms with E-state index in [9.17, 15) is 9.90 Å². The Morgan fingerprint density at radius 3 is 2.58 bits per heavy atom. The minimum absolute atomic E-state index is 0.0759. The summed E-state index contributed by atoms with van der Waals surface area (Å²) in [4.78, 5) is 12.1. The van der Waals surface area contributed by atoms with E-state index < -0.39 is 0 Å². The van der Waals surface area contributed by atoms with Crippen molar-refractivity contribution in [1.82, 2.24) is 5.32 Å². The number of hydrogen-bond acceptors (Lipinski definition) is 4. The lowest BCUT2D eigenvalue weighted by Gasteiger charge is -2.22. The molecule has 2 aliphatic carbocycles. The van der Waals surface area contributed by atoms with Crippen LogP contribution >= 0.6 is 0 Å². The van der Waals surface area contributed by atoms with Crippen LogP contribution in [-0.2, 0) is 9.53 Å². The van der Waals surface area contributed by atoms with Gasteiger partial charge in [0, 0.05) is 12.6 Å². The first kappa shape index (κ1) is 17.4. The molecule has 0 spiro atoms. The maximum atomic E-state index is 12.1. The van der Waals surface area contributed by atoms with Crippen molar-refractivity contribution < 1.29 is 14.6 Å². The number of nitrogens with one attached hydrogen (secondary N) is 1. The zero-order valence-corrected chi connectivity index (χ0v) is 14.3. The Morgan fingerprint density at radius 1 is 1.12 bits per heavy atom. The number of aliphatic hydroxyl groups is 1. The first-order valence-corrected chi connectivity index (χ1v) is 9.35. The van der Waals surface area contributed by atoms with Crippen molar-refractivity contribution in [2.75, 3.05) is 13.2 Å². The van der Waals surface area contributed by atoms with Crippen LogP contribution in [0.25, 0.3) is 0 Å². The average molecular weight is 331 g/mol. The molecule has 0 bridgehead atoms. The summed E-state index contributed by atoms with van der Waals surface area (Å²) in [6.45, 7) is 0.453. The van der Waals surface area contributed by atoms with Gasteiger partial charge in [-0.3, -0.25) is 4.79 Å². The van der Waals surface area contributed by atoms with Crippen LogP contribution in [0.1, 0.15) is 56.4 Å². The molecule has 4 nitrogen and oxygen atoms in total. The van der Waals surface area contributed by atoms with Crippen LogP contribution in [0.3, 0.4) is 0 Å². The van der Waals surface area contributed by atoms with Gasteiger partial charge in [-0.2, -0.15) is 0 Å². The summed E-state index contributed by atoms with van der Waals surface area (Å²) in [7, 11) is 0. The van der Waals surface area contributed by atoms with Crippen molar-refractivity contribution >= 4 is 5.97 Å². The molecular formula is C20H29NO3. The van der Waals surface area contributed by atoms with E-state index in [2.05, 4.69) is 17.4 Å². The van der Waals surface area contributed by atoms with Crippen LogP contribution in [0.15, 0.2) is 30.3 Å². The van der Waals surface area contributed by atoms with Crippen molar-refractivity contribution in [1.29, 1.82) is 0 Å². The molecule has 24 heavy (non-hydrogen) atoms. The lowest BCUT2D eigenvalue weighted by atomic mass is 9.89. The van der Waals surface area contributed by atoms with E-state index in [1.165, 1.54) is 37.7 Å². The Morgan fingerprint density at radius 2 is 1.88 bits per heavy atom. The lowest BCUT2D eigenvalue weighted by Crippen LogP contribution is -2.36. The number of esters is 1. The van der Waals surface area contributed by atoms with Gasteiger partial charge in [0.15, 0.2) is 0 Å². The van der Waals surface area contributed by atoms with E-state index in [0.717, 1.165) is 12.8 Å². The number of benzene rings is 1. The summed E-state index contributed by atoms with van der Waals surface area (Å²) in [6, 6.07) is 10.7. The molecule has 0 aromatic heterocycles. The van der Waals surface area contributed by atoms with Gasteiger partial charge in [-0.05, 0) is 43.1 Å². The second-order valence-electron chi connectivity index (χ2n) is 7.26. The minimum atomic E-state index is -0.157. The predicted octanol–water partition coefficient (Wildman–Crippen LogP) is 3.01. The zero-order valence-electron chi connectivity index (χ0n) is 14.3. The topological polar surface area (TPSA) is 58.6 Å². The second-order valence-corrected chi connectivity index (χ2v) is 7.26. The Balaban J connectivity index is 1.47. The maximum Gasteiger partial charge on any atom is 0.320 e. The Hall–Kier alpha value is -1.39. The number of hydrogen-bond donors (Lipinski definition) is 2. The number of carbonyl (C=O) groups excluding carboxylic acids is 1. The van der Waals surface area contributed by atoms with E-state index in [1.54, 1.807) is 0 Å². The molecule has 4 heteroatoms. The van der Waals surface area contributed by atoms with Gasteiger partial charge in [0.25, 0.3) is 0 Å². The summed E-state index contributed by atoms with van der Waals surface area (Å²) in [5.41, 5.74) is 1.23. The Bertz CT molecular complexity index is 513. The van der Waals surface area contributed by atoms with Gasteiger partial charge in [-0.15, -0.1) is 0 Å². The molecule has 132 valence electrons. The highest BCUT2D eigenvalue weighted by atomic mass is 16.5. The largest absolute Gasteiger partial charge is 0.461 e. The number of aliphatic hydroxyl groups excluding tert-OH is 1. The van der Waals surface area contributed by atoms with Crippen molar-refractivity contribution in [3.63, 3.8) is 0 Å². The van der Waals surface area contributed by atoms with Gasteiger partial charge in [-0.1, -0.05) is 49.6 Å². The van der Waals surface area contributed by atoms with E-state index >= 15 is 0 Å². The fourth-order valence-electron chi connectivity index (χ4n) is 4.24. The number of carbonyl (C=O) groups is 1. The van der Waals surface area contributed by atoms with Crippen LogP contribution < -0.4 is 5.32 Å². The predicted molar refractivity (Wildman–Crippen MR) is 93.7 cm³/mol. The van der Waals surface area contributed by atoms with Crippen LogP contribution in [0.2, 0.25) is 0 Å². The molecule has 3 atom stereocenters. The molecule has 0 amide bonds. The van der Waals surface area contributed by atoms with E-state index in [0.29, 0.717) is 12.6 Å². The second kappa shape index (κ2) is 8.63. The Labute approximate surface area is 144 Å². The van der Waals surface area contributed by atoms with Crippen molar-refractivity contribution in [2.45, 2.75) is 63.0 Å².